The average molecular weight is 704 g/mol. The Hall–Kier alpha value is -4.52. The molecule has 3 aliphatic rings. The number of rotatable bonds is 10. The van der Waals surface area contributed by atoms with Gasteiger partial charge in [0.1, 0.15) is 18.8 Å². The fourth-order valence-electron chi connectivity index (χ4n) is 8.29. The number of fused-ring (bicyclic) bond motifs is 1. The number of nitrogens with zero attached hydrogens (tertiary/aromatic N) is 6. The van der Waals surface area contributed by atoms with E-state index in [1.807, 2.05) is 49.2 Å². The third-order valence-electron chi connectivity index (χ3n) is 11.2. The van der Waals surface area contributed by atoms with Crippen LogP contribution in [-0.2, 0) is 34.4 Å². The van der Waals surface area contributed by atoms with Crippen LogP contribution in [0.5, 0.6) is 0 Å². The third kappa shape index (κ3) is 8.03. The predicted molar refractivity (Wildman–Crippen MR) is 191 cm³/mol. The summed E-state index contributed by atoms with van der Waals surface area (Å²) in [4.78, 5) is 61.9. The van der Waals surface area contributed by atoms with E-state index in [0.717, 1.165) is 32.5 Å². The summed E-state index contributed by atoms with van der Waals surface area (Å²) in [5, 5.41) is 18.6. The number of aromatic nitrogens is 2. The monoisotopic (exact) mass is 703 g/mol. The van der Waals surface area contributed by atoms with Crippen LogP contribution in [0, 0.1) is 18.8 Å². The number of piperidine rings is 2. The standard InChI is InChI=1S/C38H50FN7O5/c1-25-6-8-26(9-7-25)19-28-21-33(35(47)40-22-27-10-11-32-29(20-27)23-41-43(32)3)46(24-28)37(49)34-31(5-4-15-45(34)38(50)51)36(48)42(2)30-12-16-44(17-13-30)18-14-39/h6-11,20,23,28,30-31,33-34H,4-5,12-19,21-22,24H2,1-3H3,(H,40,47)(H,50,51)/t28-,31+,33+,34-/m1/s1. The predicted octanol–water partition coefficient (Wildman–Crippen LogP) is 3.61. The molecule has 1 aromatic heterocycles. The van der Waals surface area contributed by atoms with Gasteiger partial charge >= 0.3 is 6.09 Å². The zero-order chi connectivity index (χ0) is 36.2. The fraction of sp³-hybridized carbons (Fsp3) is 0.553. The van der Waals surface area contributed by atoms with Gasteiger partial charge in [-0.3, -0.25) is 24.0 Å². The lowest BCUT2D eigenvalue weighted by Crippen LogP contribution is -2.62. The smallest absolute Gasteiger partial charge is 0.408 e. The van der Waals surface area contributed by atoms with Crippen molar-refractivity contribution >= 4 is 34.7 Å². The topological polar surface area (TPSA) is 131 Å². The Bertz CT molecular complexity index is 1720. The van der Waals surface area contributed by atoms with Crippen molar-refractivity contribution in [2.45, 2.75) is 70.1 Å². The Morgan fingerprint density at radius 3 is 2.43 bits per heavy atom. The molecule has 51 heavy (non-hydrogen) atoms. The van der Waals surface area contributed by atoms with Gasteiger partial charge in [-0.1, -0.05) is 35.9 Å². The maximum absolute atomic E-state index is 14.7. The lowest BCUT2D eigenvalue weighted by atomic mass is 9.86. The highest BCUT2D eigenvalue weighted by molar-refractivity contribution is 5.96. The van der Waals surface area contributed by atoms with Crippen LogP contribution >= 0.6 is 0 Å². The molecule has 6 rings (SSSR count). The van der Waals surface area contributed by atoms with Gasteiger partial charge < -0.3 is 25.1 Å². The molecule has 3 aromatic rings. The number of carbonyl (C=O) groups is 4. The zero-order valence-electron chi connectivity index (χ0n) is 29.8. The number of alkyl halides is 1. The summed E-state index contributed by atoms with van der Waals surface area (Å²) in [6.45, 7) is 3.98. The van der Waals surface area contributed by atoms with Gasteiger partial charge in [-0.15, -0.1) is 0 Å². The second kappa shape index (κ2) is 15.8. The first-order valence-corrected chi connectivity index (χ1v) is 18.1. The Kier molecular flexibility index (Phi) is 11.2. The summed E-state index contributed by atoms with van der Waals surface area (Å²) in [5.74, 6) is -1.97. The Morgan fingerprint density at radius 2 is 1.73 bits per heavy atom. The molecular weight excluding hydrogens is 653 g/mol. The van der Waals surface area contributed by atoms with Crippen LogP contribution in [0.4, 0.5) is 9.18 Å². The number of halogens is 1. The molecule has 0 radical (unpaired) electrons. The molecule has 2 aromatic carbocycles. The maximum Gasteiger partial charge on any atom is 0.408 e. The number of carbonyl (C=O) groups excluding carboxylic acids is 3. The van der Waals surface area contributed by atoms with Crippen molar-refractivity contribution < 1.29 is 28.7 Å². The highest BCUT2D eigenvalue weighted by Gasteiger charge is 2.50. The largest absolute Gasteiger partial charge is 0.465 e. The first-order chi connectivity index (χ1) is 24.5. The lowest BCUT2D eigenvalue weighted by molar-refractivity contribution is -0.152. The number of hydrogen-bond acceptors (Lipinski definition) is 6. The van der Waals surface area contributed by atoms with E-state index < -0.39 is 36.7 Å². The van der Waals surface area contributed by atoms with Crippen LogP contribution in [0.25, 0.3) is 10.9 Å². The molecule has 4 atom stereocenters. The van der Waals surface area contributed by atoms with E-state index in [0.29, 0.717) is 58.2 Å². The Morgan fingerprint density at radius 1 is 1.00 bits per heavy atom. The summed E-state index contributed by atoms with van der Waals surface area (Å²) >= 11 is 0. The highest BCUT2D eigenvalue weighted by atomic mass is 19.1. The molecule has 12 nitrogen and oxygen atoms in total. The molecule has 3 aliphatic heterocycles. The molecule has 2 N–H and O–H groups in total. The highest BCUT2D eigenvalue weighted by Crippen LogP contribution is 2.34. The van der Waals surface area contributed by atoms with E-state index in [4.69, 9.17) is 0 Å². The van der Waals surface area contributed by atoms with Crippen LogP contribution < -0.4 is 5.32 Å². The normalized spacial score (nSPS) is 23.1. The Balaban J connectivity index is 1.23. The van der Waals surface area contributed by atoms with Crippen LogP contribution in [0.1, 0.15) is 48.8 Å². The van der Waals surface area contributed by atoms with E-state index in [-0.39, 0.29) is 43.4 Å². The van der Waals surface area contributed by atoms with Crippen molar-refractivity contribution in [2.75, 3.05) is 46.4 Å². The van der Waals surface area contributed by atoms with Crippen LogP contribution in [-0.4, -0.2) is 123 Å². The van der Waals surface area contributed by atoms with Crippen molar-refractivity contribution in [3.8, 4) is 0 Å². The van der Waals surface area contributed by atoms with Crippen molar-refractivity contribution in [3.63, 3.8) is 0 Å². The molecule has 3 saturated heterocycles. The number of hydrogen-bond donors (Lipinski definition) is 2. The van der Waals surface area contributed by atoms with Gasteiger partial charge in [0.25, 0.3) is 0 Å². The number of nitrogens with one attached hydrogen (secondary N) is 1. The number of benzene rings is 2. The summed E-state index contributed by atoms with van der Waals surface area (Å²) in [6, 6.07) is 11.9. The third-order valence-corrected chi connectivity index (χ3v) is 11.2. The van der Waals surface area contributed by atoms with E-state index in [1.165, 1.54) is 0 Å². The lowest BCUT2D eigenvalue weighted by Gasteiger charge is -2.43. The molecule has 0 spiro atoms. The minimum atomic E-state index is -1.25. The van der Waals surface area contributed by atoms with Gasteiger partial charge in [0.15, 0.2) is 0 Å². The van der Waals surface area contributed by atoms with E-state index in [1.54, 1.807) is 27.7 Å². The molecule has 0 aliphatic carbocycles. The molecule has 3 fully saturated rings. The molecule has 0 saturated carbocycles. The first-order valence-electron chi connectivity index (χ1n) is 18.1. The second-order valence-electron chi connectivity index (χ2n) is 14.6. The van der Waals surface area contributed by atoms with Crippen molar-refractivity contribution in [1.82, 2.24) is 34.7 Å². The van der Waals surface area contributed by atoms with E-state index in [9.17, 15) is 28.7 Å². The van der Waals surface area contributed by atoms with Gasteiger partial charge in [0.2, 0.25) is 17.7 Å². The van der Waals surface area contributed by atoms with Crippen molar-refractivity contribution in [3.05, 3.63) is 65.4 Å². The summed E-state index contributed by atoms with van der Waals surface area (Å²) < 4.78 is 14.7. The molecule has 13 heteroatoms. The van der Waals surface area contributed by atoms with Gasteiger partial charge in [0, 0.05) is 64.8 Å². The number of amides is 4. The van der Waals surface area contributed by atoms with Crippen molar-refractivity contribution in [2.24, 2.45) is 18.9 Å². The minimum Gasteiger partial charge on any atom is -0.465 e. The first kappa shape index (κ1) is 36.3. The number of aryl methyl sites for hydroxylation is 2. The maximum atomic E-state index is 14.7. The SMILES string of the molecule is Cc1ccc(C[C@@H]2C[C@@H](C(=O)NCc3ccc4c(cnn4C)c3)N(C(=O)[C@H]3[C@@H](C(=O)N(C)C4CCN(CCF)CC4)CCCN3C(=O)O)C2)cc1. The van der Waals surface area contributed by atoms with Gasteiger partial charge in [-0.2, -0.15) is 5.10 Å². The Labute approximate surface area is 298 Å². The van der Waals surface area contributed by atoms with E-state index in [2.05, 4.69) is 22.5 Å². The van der Waals surface area contributed by atoms with Gasteiger partial charge in [-0.05, 0) is 74.6 Å². The molecular formula is C38H50FN7O5. The average Bonchev–Trinajstić information content (AvgIpc) is 3.73. The molecule has 4 heterocycles. The zero-order valence-corrected chi connectivity index (χ0v) is 29.8. The van der Waals surface area contributed by atoms with Crippen LogP contribution in [0.3, 0.4) is 0 Å². The van der Waals surface area contributed by atoms with Crippen LogP contribution in [0.15, 0.2) is 48.7 Å². The summed E-state index contributed by atoms with van der Waals surface area (Å²) in [5.41, 5.74) is 4.11. The van der Waals surface area contributed by atoms with Crippen molar-refractivity contribution in [1.29, 1.82) is 0 Å². The van der Waals surface area contributed by atoms with Crippen LogP contribution in [0.2, 0.25) is 0 Å². The fourth-order valence-corrected chi connectivity index (χ4v) is 8.29. The number of carboxylic acid groups (broad SMARTS) is 1. The summed E-state index contributed by atoms with van der Waals surface area (Å²) in [6.07, 6.45) is 3.78. The molecule has 274 valence electrons. The molecule has 4 amide bonds. The van der Waals surface area contributed by atoms with Gasteiger partial charge in [0.05, 0.1) is 17.6 Å². The van der Waals surface area contributed by atoms with Gasteiger partial charge in [-0.25, -0.2) is 9.18 Å². The quantitative estimate of drug-likeness (QED) is 0.330. The minimum absolute atomic E-state index is 0.0349. The second-order valence-corrected chi connectivity index (χ2v) is 14.6. The van der Waals surface area contributed by atoms with E-state index >= 15 is 0 Å². The molecule has 0 bridgehead atoms. The summed E-state index contributed by atoms with van der Waals surface area (Å²) in [7, 11) is 3.60. The molecule has 0 unspecified atom stereocenters. The number of likely N-dealkylation sites (tertiary alicyclic amines) is 3.